The molecule has 1 saturated heterocycles. The van der Waals surface area contributed by atoms with Gasteiger partial charge in [0, 0.05) is 6.04 Å². The number of nitrogens with zero attached hydrogens (tertiary/aromatic N) is 2. The number of benzene rings is 1. The molecular formula is C13H17N3. The van der Waals surface area contributed by atoms with Gasteiger partial charge in [-0.25, -0.2) is 4.98 Å². The van der Waals surface area contributed by atoms with Crippen LogP contribution < -0.4 is 5.32 Å². The first-order valence-electron chi connectivity index (χ1n) is 5.99. The van der Waals surface area contributed by atoms with E-state index in [2.05, 4.69) is 40.0 Å². The van der Waals surface area contributed by atoms with E-state index in [9.17, 15) is 0 Å². The number of aryl methyl sites for hydroxylation is 1. The molecule has 0 unspecified atom stereocenters. The van der Waals surface area contributed by atoms with Gasteiger partial charge in [0.05, 0.1) is 17.4 Å². The zero-order valence-electron chi connectivity index (χ0n) is 9.61. The first-order chi connectivity index (χ1) is 7.86. The van der Waals surface area contributed by atoms with Crippen molar-refractivity contribution in [3.63, 3.8) is 0 Å². The number of para-hydroxylation sites is 1. The SMILES string of the molecule is Cc1cccc2c1ncn2C1CCNCC1. The van der Waals surface area contributed by atoms with Crippen LogP contribution in [0.5, 0.6) is 0 Å². The van der Waals surface area contributed by atoms with E-state index in [0.29, 0.717) is 6.04 Å². The summed E-state index contributed by atoms with van der Waals surface area (Å²) in [5.74, 6) is 0. The first-order valence-corrected chi connectivity index (χ1v) is 5.99. The molecular weight excluding hydrogens is 198 g/mol. The Hall–Kier alpha value is -1.35. The van der Waals surface area contributed by atoms with Crippen molar-refractivity contribution in [1.82, 2.24) is 14.9 Å². The van der Waals surface area contributed by atoms with E-state index >= 15 is 0 Å². The highest BCUT2D eigenvalue weighted by Crippen LogP contribution is 2.25. The second-order valence-corrected chi connectivity index (χ2v) is 4.58. The van der Waals surface area contributed by atoms with Crippen LogP contribution in [-0.2, 0) is 0 Å². The first kappa shape index (κ1) is 9.85. The Morgan fingerprint density at radius 1 is 1.31 bits per heavy atom. The van der Waals surface area contributed by atoms with E-state index in [1.165, 1.54) is 23.9 Å². The minimum absolute atomic E-state index is 0.619. The highest BCUT2D eigenvalue weighted by Gasteiger charge is 2.16. The molecule has 0 radical (unpaired) electrons. The predicted octanol–water partition coefficient (Wildman–Crippen LogP) is 2.27. The lowest BCUT2D eigenvalue weighted by Crippen LogP contribution is -2.29. The molecule has 0 saturated carbocycles. The second-order valence-electron chi connectivity index (χ2n) is 4.58. The van der Waals surface area contributed by atoms with Crippen molar-refractivity contribution in [3.8, 4) is 0 Å². The van der Waals surface area contributed by atoms with Crippen LogP contribution in [0.25, 0.3) is 11.0 Å². The Labute approximate surface area is 95.5 Å². The number of fused-ring (bicyclic) bond motifs is 1. The summed E-state index contributed by atoms with van der Waals surface area (Å²) in [4.78, 5) is 4.54. The summed E-state index contributed by atoms with van der Waals surface area (Å²) in [6.07, 6.45) is 4.42. The molecule has 1 aromatic heterocycles. The van der Waals surface area contributed by atoms with Crippen molar-refractivity contribution in [2.75, 3.05) is 13.1 Å². The molecule has 3 heteroatoms. The third-order valence-electron chi connectivity index (χ3n) is 3.51. The van der Waals surface area contributed by atoms with Gasteiger partial charge in [-0.2, -0.15) is 0 Å². The van der Waals surface area contributed by atoms with Crippen molar-refractivity contribution in [2.24, 2.45) is 0 Å². The predicted molar refractivity (Wildman–Crippen MR) is 65.6 cm³/mol. The summed E-state index contributed by atoms with van der Waals surface area (Å²) in [5, 5.41) is 3.40. The molecule has 84 valence electrons. The monoisotopic (exact) mass is 215 g/mol. The minimum Gasteiger partial charge on any atom is -0.327 e. The van der Waals surface area contributed by atoms with E-state index in [-0.39, 0.29) is 0 Å². The van der Waals surface area contributed by atoms with E-state index in [0.717, 1.165) is 18.6 Å². The Kier molecular flexibility index (Phi) is 2.40. The maximum absolute atomic E-state index is 4.54. The van der Waals surface area contributed by atoms with Gasteiger partial charge in [-0.05, 0) is 44.5 Å². The van der Waals surface area contributed by atoms with Crippen LogP contribution in [0.1, 0.15) is 24.4 Å². The Morgan fingerprint density at radius 3 is 2.94 bits per heavy atom. The van der Waals surface area contributed by atoms with Crippen LogP contribution in [0, 0.1) is 6.92 Å². The van der Waals surface area contributed by atoms with Crippen molar-refractivity contribution in [3.05, 3.63) is 30.1 Å². The zero-order chi connectivity index (χ0) is 11.0. The summed E-state index contributed by atoms with van der Waals surface area (Å²) >= 11 is 0. The van der Waals surface area contributed by atoms with Crippen molar-refractivity contribution < 1.29 is 0 Å². The number of hydrogen-bond donors (Lipinski definition) is 1. The topological polar surface area (TPSA) is 29.9 Å². The van der Waals surface area contributed by atoms with E-state index in [1.54, 1.807) is 0 Å². The largest absolute Gasteiger partial charge is 0.327 e. The minimum atomic E-state index is 0.619. The van der Waals surface area contributed by atoms with Gasteiger partial charge in [-0.1, -0.05) is 12.1 Å². The van der Waals surface area contributed by atoms with Gasteiger partial charge in [0.15, 0.2) is 0 Å². The fourth-order valence-corrected chi connectivity index (χ4v) is 2.58. The van der Waals surface area contributed by atoms with Crippen LogP contribution in [-0.4, -0.2) is 22.6 Å². The summed E-state index contributed by atoms with van der Waals surface area (Å²) in [7, 11) is 0. The lowest BCUT2D eigenvalue weighted by molar-refractivity contribution is 0.374. The number of piperidine rings is 1. The summed E-state index contributed by atoms with van der Waals surface area (Å²) < 4.78 is 2.35. The van der Waals surface area contributed by atoms with Crippen LogP contribution >= 0.6 is 0 Å². The fraction of sp³-hybridized carbons (Fsp3) is 0.462. The molecule has 0 aliphatic carbocycles. The maximum Gasteiger partial charge on any atom is 0.0961 e. The van der Waals surface area contributed by atoms with Crippen LogP contribution in [0.3, 0.4) is 0 Å². The van der Waals surface area contributed by atoms with Gasteiger partial charge in [-0.15, -0.1) is 0 Å². The molecule has 1 aliphatic heterocycles. The zero-order valence-corrected chi connectivity index (χ0v) is 9.61. The van der Waals surface area contributed by atoms with Crippen molar-refractivity contribution in [1.29, 1.82) is 0 Å². The van der Waals surface area contributed by atoms with Crippen molar-refractivity contribution >= 4 is 11.0 Å². The average molecular weight is 215 g/mol. The number of imidazole rings is 1. The van der Waals surface area contributed by atoms with Gasteiger partial charge in [-0.3, -0.25) is 0 Å². The lowest BCUT2D eigenvalue weighted by atomic mass is 10.1. The van der Waals surface area contributed by atoms with Crippen molar-refractivity contribution in [2.45, 2.75) is 25.8 Å². The van der Waals surface area contributed by atoms with Crippen LogP contribution in [0.4, 0.5) is 0 Å². The van der Waals surface area contributed by atoms with Crippen LogP contribution in [0.2, 0.25) is 0 Å². The molecule has 2 heterocycles. The fourth-order valence-electron chi connectivity index (χ4n) is 2.58. The average Bonchev–Trinajstić information content (AvgIpc) is 2.75. The maximum atomic E-state index is 4.54. The molecule has 0 spiro atoms. The van der Waals surface area contributed by atoms with Gasteiger partial charge in [0.25, 0.3) is 0 Å². The normalized spacial score (nSPS) is 18.1. The molecule has 1 N–H and O–H groups in total. The lowest BCUT2D eigenvalue weighted by Gasteiger charge is -2.24. The quantitative estimate of drug-likeness (QED) is 0.791. The molecule has 1 aromatic carbocycles. The molecule has 3 rings (SSSR count). The second kappa shape index (κ2) is 3.91. The van der Waals surface area contributed by atoms with Crippen LogP contribution in [0.15, 0.2) is 24.5 Å². The molecule has 0 amide bonds. The smallest absolute Gasteiger partial charge is 0.0961 e. The molecule has 16 heavy (non-hydrogen) atoms. The third kappa shape index (κ3) is 1.52. The molecule has 1 fully saturated rings. The Morgan fingerprint density at radius 2 is 2.12 bits per heavy atom. The standard InChI is InChI=1S/C13H17N3/c1-10-3-2-4-12-13(10)15-9-16(12)11-5-7-14-8-6-11/h2-4,9,11,14H,5-8H2,1H3. The highest BCUT2D eigenvalue weighted by molar-refractivity contribution is 5.78. The third-order valence-corrected chi connectivity index (χ3v) is 3.51. The van der Waals surface area contributed by atoms with Gasteiger partial charge in [0.2, 0.25) is 0 Å². The van der Waals surface area contributed by atoms with Gasteiger partial charge >= 0.3 is 0 Å². The highest BCUT2D eigenvalue weighted by atomic mass is 15.1. The molecule has 0 atom stereocenters. The Balaban J connectivity index is 2.06. The molecule has 1 aliphatic rings. The van der Waals surface area contributed by atoms with E-state index < -0.39 is 0 Å². The summed E-state index contributed by atoms with van der Waals surface area (Å²) in [6.45, 7) is 4.37. The Bertz CT molecular complexity index is 495. The van der Waals surface area contributed by atoms with E-state index in [1.807, 2.05) is 6.33 Å². The number of rotatable bonds is 1. The molecule has 3 nitrogen and oxygen atoms in total. The van der Waals surface area contributed by atoms with Gasteiger partial charge < -0.3 is 9.88 Å². The molecule has 2 aromatic rings. The van der Waals surface area contributed by atoms with Gasteiger partial charge in [0.1, 0.15) is 0 Å². The number of nitrogens with one attached hydrogen (secondary N) is 1. The van der Waals surface area contributed by atoms with E-state index in [4.69, 9.17) is 0 Å². The number of hydrogen-bond acceptors (Lipinski definition) is 2. The summed E-state index contributed by atoms with van der Waals surface area (Å²) in [5.41, 5.74) is 3.71. The molecule has 0 bridgehead atoms. The number of aromatic nitrogens is 2. The summed E-state index contributed by atoms with van der Waals surface area (Å²) in [6, 6.07) is 7.05.